The van der Waals surface area contributed by atoms with E-state index in [9.17, 15) is 0 Å². The zero-order valence-corrected chi connectivity index (χ0v) is 17.3. The van der Waals surface area contributed by atoms with Gasteiger partial charge in [-0.3, -0.25) is 4.68 Å². The SMILES string of the molecule is CC1C=CCC(Nc2c(Cl)cnc3nc(-c4cnn(C5CCNCC5)c4)[nH]c23)C1. The Balaban J connectivity index is 1.44. The molecule has 3 N–H and O–H groups in total. The van der Waals surface area contributed by atoms with Gasteiger partial charge in [-0.25, -0.2) is 9.97 Å². The van der Waals surface area contributed by atoms with Crippen molar-refractivity contribution in [2.24, 2.45) is 5.92 Å². The Labute approximate surface area is 175 Å². The number of rotatable bonds is 4. The van der Waals surface area contributed by atoms with Crippen molar-refractivity contribution >= 4 is 28.5 Å². The number of anilines is 1. The quantitative estimate of drug-likeness (QED) is 0.561. The average Bonchev–Trinajstić information content (AvgIpc) is 3.38. The lowest BCUT2D eigenvalue weighted by atomic mass is 9.93. The van der Waals surface area contributed by atoms with Crippen molar-refractivity contribution in [2.75, 3.05) is 18.4 Å². The standard InChI is InChI=1S/C21H26ClN7/c1-13-3-2-4-15(9-13)26-18-17(22)11-24-21-19(18)27-20(28-21)14-10-25-29(12-14)16-5-7-23-8-6-16/h2-3,10-13,15-16,23H,4-9H2,1H3,(H2,24,26,27,28). The number of halogens is 1. The van der Waals surface area contributed by atoms with E-state index in [0.29, 0.717) is 28.7 Å². The summed E-state index contributed by atoms with van der Waals surface area (Å²) in [6.07, 6.45) is 14.4. The largest absolute Gasteiger partial charge is 0.379 e. The molecule has 0 radical (unpaired) electrons. The highest BCUT2D eigenvalue weighted by molar-refractivity contribution is 6.34. The molecular formula is C21H26ClN7. The number of pyridine rings is 1. The van der Waals surface area contributed by atoms with Crippen LogP contribution in [0.4, 0.5) is 5.69 Å². The summed E-state index contributed by atoms with van der Waals surface area (Å²) in [6, 6.07) is 0.799. The molecule has 1 saturated heterocycles. The number of nitrogens with one attached hydrogen (secondary N) is 3. The summed E-state index contributed by atoms with van der Waals surface area (Å²) < 4.78 is 2.07. The van der Waals surface area contributed by atoms with E-state index in [4.69, 9.17) is 16.6 Å². The van der Waals surface area contributed by atoms with E-state index in [1.54, 1.807) is 6.20 Å². The Morgan fingerprint density at radius 3 is 2.93 bits per heavy atom. The minimum Gasteiger partial charge on any atom is -0.379 e. The number of allylic oxidation sites excluding steroid dienone is 1. The number of H-pyrrole nitrogens is 1. The maximum absolute atomic E-state index is 6.51. The van der Waals surface area contributed by atoms with Gasteiger partial charge in [-0.15, -0.1) is 0 Å². The third-order valence-electron chi connectivity index (χ3n) is 5.92. The van der Waals surface area contributed by atoms with E-state index in [1.165, 1.54) is 0 Å². The van der Waals surface area contributed by atoms with E-state index in [2.05, 4.69) is 55.7 Å². The first kappa shape index (κ1) is 18.6. The normalized spacial score (nSPS) is 23.0. The predicted molar refractivity (Wildman–Crippen MR) is 116 cm³/mol. The zero-order chi connectivity index (χ0) is 19.8. The monoisotopic (exact) mass is 411 g/mol. The highest BCUT2D eigenvalue weighted by Crippen LogP contribution is 2.33. The topological polar surface area (TPSA) is 83.4 Å². The fourth-order valence-electron chi connectivity index (χ4n) is 4.36. The van der Waals surface area contributed by atoms with Crippen LogP contribution in [0.2, 0.25) is 5.02 Å². The fraction of sp³-hybridized carbons (Fsp3) is 0.476. The van der Waals surface area contributed by atoms with Crippen LogP contribution in [0.1, 0.15) is 38.6 Å². The summed E-state index contributed by atoms with van der Waals surface area (Å²) in [4.78, 5) is 12.6. The second-order valence-corrected chi connectivity index (χ2v) is 8.58. The molecule has 5 rings (SSSR count). The summed E-state index contributed by atoms with van der Waals surface area (Å²) in [5.41, 5.74) is 3.37. The molecule has 0 spiro atoms. The second kappa shape index (κ2) is 7.80. The minimum absolute atomic E-state index is 0.354. The molecule has 2 atom stereocenters. The number of hydrogen-bond donors (Lipinski definition) is 3. The summed E-state index contributed by atoms with van der Waals surface area (Å²) >= 11 is 6.51. The third-order valence-corrected chi connectivity index (χ3v) is 6.21. The Morgan fingerprint density at radius 2 is 2.10 bits per heavy atom. The van der Waals surface area contributed by atoms with Crippen molar-refractivity contribution in [2.45, 2.75) is 44.7 Å². The number of hydrogen-bond acceptors (Lipinski definition) is 5. The van der Waals surface area contributed by atoms with Crippen LogP contribution in [0, 0.1) is 5.92 Å². The molecule has 3 aromatic heterocycles. The van der Waals surface area contributed by atoms with Crippen molar-refractivity contribution in [1.29, 1.82) is 0 Å². The van der Waals surface area contributed by atoms with Crippen molar-refractivity contribution < 1.29 is 0 Å². The third kappa shape index (κ3) is 3.76. The van der Waals surface area contributed by atoms with E-state index >= 15 is 0 Å². The first-order valence-corrected chi connectivity index (χ1v) is 10.8. The van der Waals surface area contributed by atoms with E-state index in [-0.39, 0.29) is 0 Å². The highest BCUT2D eigenvalue weighted by atomic mass is 35.5. The number of fused-ring (bicyclic) bond motifs is 1. The van der Waals surface area contributed by atoms with Crippen LogP contribution >= 0.6 is 11.6 Å². The predicted octanol–water partition coefficient (Wildman–Crippen LogP) is 4.17. The van der Waals surface area contributed by atoms with E-state index < -0.39 is 0 Å². The van der Waals surface area contributed by atoms with Gasteiger partial charge in [0.1, 0.15) is 11.3 Å². The van der Waals surface area contributed by atoms with Gasteiger partial charge in [0.2, 0.25) is 0 Å². The summed E-state index contributed by atoms with van der Waals surface area (Å²) in [6.45, 7) is 4.32. The first-order chi connectivity index (χ1) is 14.2. The smallest absolute Gasteiger partial charge is 0.180 e. The lowest BCUT2D eigenvalue weighted by Crippen LogP contribution is -2.29. The lowest BCUT2D eigenvalue weighted by molar-refractivity contribution is 0.343. The molecule has 152 valence electrons. The number of piperidine rings is 1. The Morgan fingerprint density at radius 1 is 1.24 bits per heavy atom. The molecule has 3 aromatic rings. The Kier molecular flexibility index (Phi) is 5.01. The van der Waals surface area contributed by atoms with E-state index in [1.807, 2.05) is 6.20 Å². The minimum atomic E-state index is 0.354. The molecule has 0 saturated carbocycles. The van der Waals surface area contributed by atoms with Gasteiger partial charge in [-0.1, -0.05) is 30.7 Å². The van der Waals surface area contributed by atoms with Gasteiger partial charge in [-0.2, -0.15) is 5.10 Å². The molecule has 1 aliphatic carbocycles. The summed E-state index contributed by atoms with van der Waals surface area (Å²) in [7, 11) is 0. The van der Waals surface area contributed by atoms with Crippen molar-refractivity contribution in [3.8, 4) is 11.4 Å². The van der Waals surface area contributed by atoms with Gasteiger partial charge < -0.3 is 15.6 Å². The molecular weight excluding hydrogens is 386 g/mol. The van der Waals surface area contributed by atoms with Crippen molar-refractivity contribution in [3.05, 3.63) is 35.8 Å². The van der Waals surface area contributed by atoms with Gasteiger partial charge in [0.25, 0.3) is 0 Å². The Bertz CT molecular complexity index is 1030. The molecule has 7 nitrogen and oxygen atoms in total. The average molecular weight is 412 g/mol. The Hall–Kier alpha value is -2.38. The highest BCUT2D eigenvalue weighted by Gasteiger charge is 2.21. The fourth-order valence-corrected chi connectivity index (χ4v) is 4.56. The van der Waals surface area contributed by atoms with Crippen molar-refractivity contribution in [3.63, 3.8) is 0 Å². The molecule has 1 aliphatic heterocycles. The summed E-state index contributed by atoms with van der Waals surface area (Å²) in [5, 5.41) is 12.2. The molecule has 1 fully saturated rings. The van der Waals surface area contributed by atoms with Crippen LogP contribution in [0.15, 0.2) is 30.7 Å². The molecule has 0 bridgehead atoms. The van der Waals surface area contributed by atoms with Gasteiger partial charge in [0, 0.05) is 12.2 Å². The van der Waals surface area contributed by atoms with Crippen LogP contribution in [-0.4, -0.2) is 43.9 Å². The van der Waals surface area contributed by atoms with E-state index in [0.717, 1.165) is 61.4 Å². The maximum Gasteiger partial charge on any atom is 0.180 e. The van der Waals surface area contributed by atoms with Crippen molar-refractivity contribution in [1.82, 2.24) is 30.0 Å². The summed E-state index contributed by atoms with van der Waals surface area (Å²) in [5.74, 6) is 1.34. The molecule has 29 heavy (non-hydrogen) atoms. The number of aromatic amines is 1. The van der Waals surface area contributed by atoms with Crippen LogP contribution in [0.25, 0.3) is 22.6 Å². The maximum atomic E-state index is 6.51. The molecule has 0 amide bonds. The number of nitrogens with zero attached hydrogens (tertiary/aromatic N) is 4. The molecule has 4 heterocycles. The lowest BCUT2D eigenvalue weighted by Gasteiger charge is -2.25. The molecule has 8 heteroatoms. The second-order valence-electron chi connectivity index (χ2n) is 8.17. The number of imidazole rings is 1. The zero-order valence-electron chi connectivity index (χ0n) is 16.5. The van der Waals surface area contributed by atoms with Crippen LogP contribution in [0.3, 0.4) is 0 Å². The van der Waals surface area contributed by atoms with Crippen LogP contribution in [0.5, 0.6) is 0 Å². The first-order valence-electron chi connectivity index (χ1n) is 10.4. The van der Waals surface area contributed by atoms with Gasteiger partial charge >= 0.3 is 0 Å². The van der Waals surface area contributed by atoms with Gasteiger partial charge in [0.15, 0.2) is 5.65 Å². The molecule has 2 unspecified atom stereocenters. The van der Waals surface area contributed by atoms with Crippen LogP contribution in [-0.2, 0) is 0 Å². The van der Waals surface area contributed by atoms with Gasteiger partial charge in [-0.05, 0) is 44.7 Å². The number of aromatic nitrogens is 5. The molecule has 0 aromatic carbocycles. The molecule has 2 aliphatic rings. The van der Waals surface area contributed by atoms with Crippen LogP contribution < -0.4 is 10.6 Å². The van der Waals surface area contributed by atoms with Gasteiger partial charge in [0.05, 0.1) is 34.7 Å².